The highest BCUT2D eigenvalue weighted by Crippen LogP contribution is 2.43. The van der Waals surface area contributed by atoms with Crippen molar-refractivity contribution in [2.75, 3.05) is 38.7 Å². The first-order valence-corrected chi connectivity index (χ1v) is 14.3. The summed E-state index contributed by atoms with van der Waals surface area (Å²) in [7, 11) is -3.06. The van der Waals surface area contributed by atoms with Crippen molar-refractivity contribution in [3.63, 3.8) is 0 Å². The van der Waals surface area contributed by atoms with Crippen molar-refractivity contribution in [3.05, 3.63) is 92.9 Å². The number of aromatic nitrogens is 1. The van der Waals surface area contributed by atoms with Crippen LogP contribution in [0.4, 0.5) is 13.6 Å². The lowest BCUT2D eigenvalue weighted by Gasteiger charge is -2.51. The van der Waals surface area contributed by atoms with Crippen molar-refractivity contribution in [2.45, 2.75) is 22.9 Å². The van der Waals surface area contributed by atoms with Gasteiger partial charge in [-0.3, -0.25) is 19.3 Å². The summed E-state index contributed by atoms with van der Waals surface area (Å²) in [5, 5.41) is 1.58. The van der Waals surface area contributed by atoms with Crippen LogP contribution in [0.15, 0.2) is 58.4 Å². The van der Waals surface area contributed by atoms with Gasteiger partial charge in [0.05, 0.1) is 37.0 Å². The summed E-state index contributed by atoms with van der Waals surface area (Å²) in [6.45, 7) is -0.515. The zero-order chi connectivity index (χ0) is 29.8. The van der Waals surface area contributed by atoms with E-state index < -0.39 is 69.5 Å². The van der Waals surface area contributed by atoms with Crippen LogP contribution in [0.5, 0.6) is 5.75 Å². The number of halogens is 2. The number of fused-ring (bicyclic) bond motifs is 4. The Labute approximate surface area is 237 Å². The normalized spacial score (nSPS) is 20.4. The van der Waals surface area contributed by atoms with E-state index in [-0.39, 0.29) is 47.0 Å². The van der Waals surface area contributed by atoms with E-state index in [4.69, 9.17) is 14.2 Å². The van der Waals surface area contributed by atoms with Gasteiger partial charge in [-0.1, -0.05) is 24.3 Å². The highest BCUT2D eigenvalue weighted by Gasteiger charge is 2.47. The molecular formula is C27H23F2N3O9S. The molecule has 2 aromatic carbocycles. The quantitative estimate of drug-likeness (QED) is 0.322. The van der Waals surface area contributed by atoms with E-state index in [1.54, 1.807) is 17.1 Å². The van der Waals surface area contributed by atoms with Crippen LogP contribution in [-0.2, 0) is 29.8 Å². The topological polar surface area (TPSA) is 134 Å². The predicted molar refractivity (Wildman–Crippen MR) is 139 cm³/mol. The number of hydrogen-bond donors (Lipinski definition) is 0. The monoisotopic (exact) mass is 603 g/mol. The number of amides is 1. The van der Waals surface area contributed by atoms with Gasteiger partial charge in [-0.15, -0.1) is 0 Å². The number of rotatable bonds is 4. The smallest absolute Gasteiger partial charge is 0.451 e. The van der Waals surface area contributed by atoms with Crippen molar-refractivity contribution < 1.29 is 45.7 Å². The van der Waals surface area contributed by atoms with Gasteiger partial charge in [-0.05, 0) is 23.3 Å². The van der Waals surface area contributed by atoms with Crippen molar-refractivity contribution in [3.8, 4) is 5.75 Å². The molecule has 15 heteroatoms. The first-order valence-electron chi connectivity index (χ1n) is 12.7. The highest BCUT2D eigenvalue weighted by molar-refractivity contribution is 7.90. The van der Waals surface area contributed by atoms with Gasteiger partial charge in [-0.25, -0.2) is 22.0 Å². The fourth-order valence-electron chi connectivity index (χ4n) is 5.57. The SMILES string of the molecule is COC(=O)OCOc1c2n(ccc1=O)N([C@@H]1c3ccccc3S(=O)(=O)Cc3c1ccc(F)c3F)[C@@H]1COCCN1C2=O. The van der Waals surface area contributed by atoms with Crippen molar-refractivity contribution in [1.82, 2.24) is 9.58 Å². The number of carbonyl (C=O) groups excluding carboxylic acids is 2. The average Bonchev–Trinajstić information content (AvgIpc) is 3.08. The second-order valence-electron chi connectivity index (χ2n) is 9.63. The van der Waals surface area contributed by atoms with Gasteiger partial charge in [-0.2, -0.15) is 0 Å². The van der Waals surface area contributed by atoms with Crippen LogP contribution in [-0.4, -0.2) is 69.9 Å². The molecule has 0 spiro atoms. The zero-order valence-corrected chi connectivity index (χ0v) is 22.8. The first kappa shape index (κ1) is 27.7. The lowest BCUT2D eigenvalue weighted by atomic mass is 9.93. The van der Waals surface area contributed by atoms with Gasteiger partial charge in [0.1, 0.15) is 6.17 Å². The molecule has 220 valence electrons. The molecule has 3 aliphatic rings. The predicted octanol–water partition coefficient (Wildman–Crippen LogP) is 2.07. The van der Waals surface area contributed by atoms with E-state index in [2.05, 4.69) is 4.74 Å². The second-order valence-corrected chi connectivity index (χ2v) is 11.6. The Balaban J connectivity index is 1.62. The van der Waals surface area contributed by atoms with Crippen LogP contribution in [0.2, 0.25) is 0 Å². The van der Waals surface area contributed by atoms with Crippen molar-refractivity contribution in [2.24, 2.45) is 0 Å². The van der Waals surface area contributed by atoms with Gasteiger partial charge in [0.25, 0.3) is 5.91 Å². The van der Waals surface area contributed by atoms with Crippen LogP contribution in [0.3, 0.4) is 0 Å². The van der Waals surface area contributed by atoms with E-state index >= 15 is 4.39 Å². The maximum Gasteiger partial charge on any atom is 0.510 e. The molecule has 0 unspecified atom stereocenters. The zero-order valence-electron chi connectivity index (χ0n) is 22.0. The number of sulfone groups is 1. The summed E-state index contributed by atoms with van der Waals surface area (Å²) >= 11 is 0. The van der Waals surface area contributed by atoms with Crippen LogP contribution < -0.4 is 15.2 Å². The third-order valence-corrected chi connectivity index (χ3v) is 9.09. The number of morpholine rings is 1. The molecule has 42 heavy (non-hydrogen) atoms. The molecule has 0 aliphatic carbocycles. The minimum atomic E-state index is -4.15. The van der Waals surface area contributed by atoms with E-state index in [0.717, 1.165) is 19.2 Å². The molecule has 0 radical (unpaired) electrons. The second kappa shape index (κ2) is 10.4. The lowest BCUT2D eigenvalue weighted by Crippen LogP contribution is -2.66. The number of nitrogens with zero attached hydrogens (tertiary/aromatic N) is 3. The summed E-state index contributed by atoms with van der Waals surface area (Å²) in [4.78, 5) is 39.6. The minimum absolute atomic E-state index is 0.0244. The van der Waals surface area contributed by atoms with E-state index in [1.807, 2.05) is 0 Å². The van der Waals surface area contributed by atoms with Crippen LogP contribution in [0, 0.1) is 11.6 Å². The largest absolute Gasteiger partial charge is 0.510 e. The van der Waals surface area contributed by atoms with Gasteiger partial charge in [0.15, 0.2) is 27.2 Å². The Morgan fingerprint density at radius 1 is 1.10 bits per heavy atom. The standard InChI is InChI=1S/C27H23F2N3O9S/c1-38-27(35)41-14-40-25-19(33)8-9-31-24(25)26(34)30-10-11-39-12-21(30)32(31)23-15-6-7-18(28)22(29)17(15)13-42(36,37)20-5-3-2-4-16(20)23/h2-9,21,23H,10-14H2,1H3/t21-,23+/m1/s1. The van der Waals surface area contributed by atoms with Gasteiger partial charge >= 0.3 is 6.16 Å². The molecule has 1 aromatic heterocycles. The Morgan fingerprint density at radius 2 is 1.88 bits per heavy atom. The summed E-state index contributed by atoms with van der Waals surface area (Å²) in [6, 6.07) is 8.31. The van der Waals surface area contributed by atoms with Gasteiger partial charge < -0.3 is 23.8 Å². The van der Waals surface area contributed by atoms with Crippen LogP contribution in [0.1, 0.15) is 33.2 Å². The Kier molecular flexibility index (Phi) is 6.85. The maximum absolute atomic E-state index is 15.3. The molecular weight excluding hydrogens is 580 g/mol. The Morgan fingerprint density at radius 3 is 2.67 bits per heavy atom. The molecule has 0 saturated carbocycles. The van der Waals surface area contributed by atoms with Gasteiger partial charge in [0, 0.05) is 24.4 Å². The molecule has 3 aliphatic heterocycles. The van der Waals surface area contributed by atoms with E-state index in [9.17, 15) is 27.2 Å². The Hall–Kier alpha value is -4.50. The number of benzene rings is 2. The summed E-state index contributed by atoms with van der Waals surface area (Å²) < 4.78 is 78.5. The molecule has 1 fully saturated rings. The fourth-order valence-corrected chi connectivity index (χ4v) is 7.23. The highest BCUT2D eigenvalue weighted by atomic mass is 32.2. The molecule has 12 nitrogen and oxygen atoms in total. The number of hydrogen-bond acceptors (Lipinski definition) is 10. The summed E-state index contributed by atoms with van der Waals surface area (Å²) in [5.41, 5.74) is -0.927. The fraction of sp³-hybridized carbons (Fsp3) is 0.296. The van der Waals surface area contributed by atoms with Crippen LogP contribution in [0.25, 0.3) is 0 Å². The third kappa shape index (κ3) is 4.36. The molecule has 2 atom stereocenters. The minimum Gasteiger partial charge on any atom is -0.451 e. The van der Waals surface area contributed by atoms with Gasteiger partial charge in [0.2, 0.25) is 18.0 Å². The van der Waals surface area contributed by atoms with E-state index in [1.165, 1.54) is 34.0 Å². The van der Waals surface area contributed by atoms with Crippen molar-refractivity contribution in [1.29, 1.82) is 0 Å². The molecule has 6 rings (SSSR count). The summed E-state index contributed by atoms with van der Waals surface area (Å²) in [5.74, 6) is -4.36. The first-order chi connectivity index (χ1) is 20.1. The molecule has 0 N–H and O–H groups in total. The van der Waals surface area contributed by atoms with Crippen LogP contribution >= 0.6 is 0 Å². The summed E-state index contributed by atoms with van der Waals surface area (Å²) in [6.07, 6.45) is -0.639. The molecule has 0 bridgehead atoms. The maximum atomic E-state index is 15.3. The molecule has 1 saturated heterocycles. The van der Waals surface area contributed by atoms with E-state index in [0.29, 0.717) is 0 Å². The number of carbonyl (C=O) groups is 2. The third-order valence-electron chi connectivity index (χ3n) is 7.38. The molecule has 3 aromatic rings. The molecule has 1 amide bonds. The van der Waals surface area contributed by atoms with Crippen molar-refractivity contribution >= 4 is 21.9 Å². The Bertz CT molecular complexity index is 1780. The number of methoxy groups -OCH3 is 1. The lowest BCUT2D eigenvalue weighted by molar-refractivity contribution is -0.0209. The number of pyridine rings is 1. The average molecular weight is 604 g/mol. The molecule has 4 heterocycles. The number of ether oxygens (including phenoxy) is 4.